The number of likely N-dealkylation sites (N-methyl/N-ethyl adjacent to an activating group) is 1. The van der Waals surface area contributed by atoms with Gasteiger partial charge in [0.2, 0.25) is 5.91 Å². The van der Waals surface area contributed by atoms with Gasteiger partial charge in [-0.05, 0) is 67.9 Å². The minimum absolute atomic E-state index is 0.0466. The number of amides is 1. The molecular weight excluding hydrogens is 476 g/mol. The van der Waals surface area contributed by atoms with Crippen LogP contribution >= 0.6 is 22.9 Å². The fourth-order valence-corrected chi connectivity index (χ4v) is 6.83. The van der Waals surface area contributed by atoms with Crippen molar-refractivity contribution >= 4 is 34.7 Å². The van der Waals surface area contributed by atoms with Gasteiger partial charge in [0.15, 0.2) is 0 Å². The second-order valence-electron chi connectivity index (χ2n) is 9.65. The first-order chi connectivity index (χ1) is 16.9. The van der Waals surface area contributed by atoms with Gasteiger partial charge < -0.3 is 14.7 Å². The zero-order valence-electron chi connectivity index (χ0n) is 20.3. The molecule has 0 radical (unpaired) electrons. The minimum atomic E-state index is -0.0495. The van der Waals surface area contributed by atoms with Crippen LogP contribution in [-0.4, -0.2) is 60.5 Å². The molecule has 5 rings (SSSR count). The predicted octanol–water partition coefficient (Wildman–Crippen LogP) is 5.65. The molecule has 1 saturated heterocycles. The molecule has 3 aromatic rings. The smallest absolute Gasteiger partial charge is 0.246 e. The number of rotatable bonds is 6. The van der Waals surface area contributed by atoms with Gasteiger partial charge in [-0.3, -0.25) is 4.79 Å². The third kappa shape index (κ3) is 4.88. The van der Waals surface area contributed by atoms with Crippen LogP contribution in [0.3, 0.4) is 0 Å². The van der Waals surface area contributed by atoms with Crippen LogP contribution in [0.1, 0.15) is 34.8 Å². The first-order valence-electron chi connectivity index (χ1n) is 12.1. The van der Waals surface area contributed by atoms with Gasteiger partial charge in [0.05, 0.1) is 10.9 Å². The lowest BCUT2D eigenvalue weighted by Crippen LogP contribution is -2.37. The van der Waals surface area contributed by atoms with E-state index in [1.165, 1.54) is 30.0 Å². The summed E-state index contributed by atoms with van der Waals surface area (Å²) < 4.78 is 0.759. The van der Waals surface area contributed by atoms with E-state index in [1.54, 1.807) is 11.3 Å². The van der Waals surface area contributed by atoms with Gasteiger partial charge in [0.25, 0.3) is 0 Å². The first kappa shape index (κ1) is 24.0. The lowest BCUT2D eigenvalue weighted by molar-refractivity contribution is -0.127. The van der Waals surface area contributed by atoms with Crippen LogP contribution < -0.4 is 4.90 Å². The molecule has 0 N–H and O–H groups in total. The molecule has 2 aromatic heterocycles. The fraction of sp³-hybridized carbons (Fsp3) is 0.357. The maximum absolute atomic E-state index is 12.5. The molecule has 1 aromatic carbocycles. The third-order valence-electron chi connectivity index (χ3n) is 7.05. The Bertz CT molecular complexity index is 1220. The maximum Gasteiger partial charge on any atom is 0.246 e. The van der Waals surface area contributed by atoms with Crippen molar-refractivity contribution in [3.63, 3.8) is 0 Å². The molecule has 4 heterocycles. The predicted molar refractivity (Wildman–Crippen MR) is 145 cm³/mol. The van der Waals surface area contributed by atoms with Crippen LogP contribution in [0.15, 0.2) is 61.3 Å². The summed E-state index contributed by atoms with van der Waals surface area (Å²) in [6.07, 6.45) is 5.81. The summed E-state index contributed by atoms with van der Waals surface area (Å²) in [6, 6.07) is 15.4. The number of nitrogens with zero attached hydrogens (tertiary/aromatic N) is 4. The molecule has 0 aliphatic carbocycles. The molecule has 0 unspecified atom stereocenters. The number of halogens is 1. The van der Waals surface area contributed by atoms with Crippen molar-refractivity contribution < 1.29 is 4.79 Å². The zero-order valence-corrected chi connectivity index (χ0v) is 21.9. The van der Waals surface area contributed by atoms with E-state index in [1.807, 2.05) is 11.1 Å². The second-order valence-corrected chi connectivity index (χ2v) is 11.4. The van der Waals surface area contributed by atoms with Crippen molar-refractivity contribution in [2.75, 3.05) is 38.6 Å². The molecule has 2 aliphatic rings. The van der Waals surface area contributed by atoms with E-state index >= 15 is 0 Å². The number of carbonyl (C=O) groups is 1. The Balaban J connectivity index is 1.48. The highest BCUT2D eigenvalue weighted by molar-refractivity contribution is 7.16. The highest BCUT2D eigenvalue weighted by atomic mass is 35.5. The number of benzene rings is 1. The Morgan fingerprint density at radius 1 is 1.26 bits per heavy atom. The molecule has 182 valence electrons. The van der Waals surface area contributed by atoms with Crippen LogP contribution in [0.4, 0.5) is 5.82 Å². The van der Waals surface area contributed by atoms with E-state index in [9.17, 15) is 4.79 Å². The van der Waals surface area contributed by atoms with Crippen LogP contribution in [-0.2, 0) is 11.3 Å². The standard InChI is InChI=1S/C28H31ClN4OS/c1-4-28(34)32-17-24(23-14-26(29)35-25(23)18-32)22-10-6-5-9-21(22)19-11-12-27(30-15-19)33-13-7-8-20(33)16-31(2)3/h4-6,9-12,14-15,20,24H,1,7-8,13,16-18H2,2-3H3/t20-,24+/m0/s1. The van der Waals surface area contributed by atoms with E-state index in [0.29, 0.717) is 19.1 Å². The summed E-state index contributed by atoms with van der Waals surface area (Å²) in [5.41, 5.74) is 4.63. The molecule has 0 spiro atoms. The van der Waals surface area contributed by atoms with Gasteiger partial charge in [0.1, 0.15) is 5.82 Å². The average Bonchev–Trinajstić information content (AvgIpc) is 3.48. The fourth-order valence-electron chi connectivity index (χ4n) is 5.47. The summed E-state index contributed by atoms with van der Waals surface area (Å²) in [6.45, 7) is 6.97. The van der Waals surface area contributed by atoms with Crippen LogP contribution in [0.5, 0.6) is 0 Å². The Kier molecular flexibility index (Phi) is 6.96. The number of aromatic nitrogens is 1. The Morgan fingerprint density at radius 2 is 2.09 bits per heavy atom. The molecule has 2 atom stereocenters. The van der Waals surface area contributed by atoms with Gasteiger partial charge in [-0.1, -0.05) is 42.4 Å². The molecule has 1 amide bonds. The number of pyridine rings is 1. The number of anilines is 1. The second kappa shape index (κ2) is 10.1. The minimum Gasteiger partial charge on any atom is -0.352 e. The molecule has 1 fully saturated rings. The van der Waals surface area contributed by atoms with Gasteiger partial charge in [-0.15, -0.1) is 11.3 Å². The molecule has 0 bridgehead atoms. The van der Waals surface area contributed by atoms with Gasteiger partial charge in [-0.2, -0.15) is 0 Å². The van der Waals surface area contributed by atoms with Crippen LogP contribution in [0.2, 0.25) is 4.34 Å². The zero-order chi connectivity index (χ0) is 24.5. The van der Waals surface area contributed by atoms with Crippen LogP contribution in [0.25, 0.3) is 11.1 Å². The summed E-state index contributed by atoms with van der Waals surface area (Å²) in [7, 11) is 4.26. The van der Waals surface area contributed by atoms with Crippen molar-refractivity contribution in [2.24, 2.45) is 0 Å². The van der Waals surface area contributed by atoms with Crippen molar-refractivity contribution in [1.82, 2.24) is 14.8 Å². The summed E-state index contributed by atoms with van der Waals surface area (Å²) in [4.78, 5) is 25.1. The summed E-state index contributed by atoms with van der Waals surface area (Å²) in [5, 5.41) is 0. The van der Waals surface area contributed by atoms with Crippen molar-refractivity contribution in [2.45, 2.75) is 31.3 Å². The lowest BCUT2D eigenvalue weighted by atomic mass is 9.84. The van der Waals surface area contributed by atoms with Crippen molar-refractivity contribution in [3.05, 3.63) is 81.7 Å². The monoisotopic (exact) mass is 506 g/mol. The first-order valence-corrected chi connectivity index (χ1v) is 13.3. The number of thiophene rings is 1. The number of carbonyl (C=O) groups excluding carboxylic acids is 1. The van der Waals surface area contributed by atoms with Crippen molar-refractivity contribution in [1.29, 1.82) is 0 Å². The molecular formula is C28H31ClN4OS. The highest BCUT2D eigenvalue weighted by Crippen LogP contribution is 2.43. The van der Waals surface area contributed by atoms with E-state index < -0.39 is 0 Å². The highest BCUT2D eigenvalue weighted by Gasteiger charge is 2.32. The molecule has 7 heteroatoms. The maximum atomic E-state index is 12.5. The Morgan fingerprint density at radius 3 is 2.83 bits per heavy atom. The molecule has 35 heavy (non-hydrogen) atoms. The lowest BCUT2D eigenvalue weighted by Gasteiger charge is -2.33. The van der Waals surface area contributed by atoms with Crippen LogP contribution in [0, 0.1) is 0 Å². The third-order valence-corrected chi connectivity index (χ3v) is 8.32. The SMILES string of the molecule is C=CC(=O)N1Cc2sc(Cl)cc2[C@@H](c2ccccc2-c2ccc(N3CCC[C@H]3CN(C)C)nc2)C1. The average molecular weight is 507 g/mol. The summed E-state index contributed by atoms with van der Waals surface area (Å²) >= 11 is 7.98. The largest absolute Gasteiger partial charge is 0.352 e. The molecule has 2 aliphatic heterocycles. The van der Waals surface area contributed by atoms with Gasteiger partial charge >= 0.3 is 0 Å². The normalized spacial score (nSPS) is 19.8. The Hall–Kier alpha value is -2.67. The van der Waals surface area contributed by atoms with Gasteiger partial charge in [-0.25, -0.2) is 4.98 Å². The van der Waals surface area contributed by atoms with E-state index in [-0.39, 0.29) is 11.8 Å². The van der Waals surface area contributed by atoms with Gasteiger partial charge in [0, 0.05) is 48.2 Å². The number of hydrogen-bond acceptors (Lipinski definition) is 5. The number of fused-ring (bicyclic) bond motifs is 1. The molecule has 5 nitrogen and oxygen atoms in total. The summed E-state index contributed by atoms with van der Waals surface area (Å²) in [5.74, 6) is 1.04. The quantitative estimate of drug-likeness (QED) is 0.405. The topological polar surface area (TPSA) is 39.7 Å². The number of hydrogen-bond donors (Lipinski definition) is 0. The van der Waals surface area contributed by atoms with E-state index in [2.05, 4.69) is 72.9 Å². The van der Waals surface area contributed by atoms with E-state index in [0.717, 1.165) is 39.2 Å². The molecule has 0 saturated carbocycles. The van der Waals surface area contributed by atoms with Crippen molar-refractivity contribution in [3.8, 4) is 11.1 Å². The van der Waals surface area contributed by atoms with E-state index in [4.69, 9.17) is 16.6 Å². The Labute approximate surface area is 216 Å².